The number of likely N-dealkylation sites (tertiary alicyclic amines) is 1. The SMILES string of the molecule is C=CCOc1ccccc1CNC(=NC)NCCCCCN1CCCCC1.I. The third-order valence-electron chi connectivity index (χ3n) is 4.89. The molecule has 0 saturated carbocycles. The van der Waals surface area contributed by atoms with Gasteiger partial charge in [-0.25, -0.2) is 0 Å². The summed E-state index contributed by atoms with van der Waals surface area (Å²) in [5.41, 5.74) is 1.11. The Bertz CT molecular complexity index is 573. The van der Waals surface area contributed by atoms with Crippen molar-refractivity contribution in [2.24, 2.45) is 4.99 Å². The molecule has 0 unspecified atom stereocenters. The minimum absolute atomic E-state index is 0. The smallest absolute Gasteiger partial charge is 0.191 e. The third kappa shape index (κ3) is 9.78. The van der Waals surface area contributed by atoms with Crippen LogP contribution in [0.3, 0.4) is 0 Å². The molecule has 2 N–H and O–H groups in total. The van der Waals surface area contributed by atoms with Crippen molar-refractivity contribution < 1.29 is 4.74 Å². The van der Waals surface area contributed by atoms with Gasteiger partial charge in [-0.15, -0.1) is 24.0 Å². The Morgan fingerprint density at radius 3 is 2.68 bits per heavy atom. The van der Waals surface area contributed by atoms with Crippen LogP contribution >= 0.6 is 24.0 Å². The fraction of sp³-hybridized carbons (Fsp3) is 0.591. The maximum absolute atomic E-state index is 5.71. The molecule has 0 aliphatic carbocycles. The molecule has 0 spiro atoms. The van der Waals surface area contributed by atoms with Gasteiger partial charge in [-0.2, -0.15) is 0 Å². The number of unbranched alkanes of at least 4 members (excludes halogenated alkanes) is 2. The molecule has 1 saturated heterocycles. The molecule has 158 valence electrons. The van der Waals surface area contributed by atoms with Crippen LogP contribution in [-0.4, -0.2) is 50.7 Å². The van der Waals surface area contributed by atoms with Crippen molar-refractivity contribution in [3.05, 3.63) is 42.5 Å². The second-order valence-corrected chi connectivity index (χ2v) is 7.02. The highest BCUT2D eigenvalue weighted by atomic mass is 127. The van der Waals surface area contributed by atoms with Gasteiger partial charge < -0.3 is 20.3 Å². The number of halogens is 1. The van der Waals surface area contributed by atoms with Crippen LogP contribution in [0.1, 0.15) is 44.1 Å². The largest absolute Gasteiger partial charge is 0.489 e. The van der Waals surface area contributed by atoms with Crippen LogP contribution in [-0.2, 0) is 6.54 Å². The predicted molar refractivity (Wildman–Crippen MR) is 130 cm³/mol. The highest BCUT2D eigenvalue weighted by Crippen LogP contribution is 2.17. The van der Waals surface area contributed by atoms with Gasteiger partial charge in [0.25, 0.3) is 0 Å². The van der Waals surface area contributed by atoms with Gasteiger partial charge in [-0.3, -0.25) is 4.99 Å². The minimum atomic E-state index is 0. The summed E-state index contributed by atoms with van der Waals surface area (Å²) in [6.07, 6.45) is 9.66. The fourth-order valence-electron chi connectivity index (χ4n) is 3.37. The number of para-hydroxylation sites is 1. The van der Waals surface area contributed by atoms with Gasteiger partial charge in [0.2, 0.25) is 0 Å². The van der Waals surface area contributed by atoms with E-state index in [4.69, 9.17) is 4.74 Å². The predicted octanol–water partition coefficient (Wildman–Crippen LogP) is 4.19. The van der Waals surface area contributed by atoms with Crippen molar-refractivity contribution in [3.63, 3.8) is 0 Å². The first-order valence-electron chi connectivity index (χ1n) is 10.3. The van der Waals surface area contributed by atoms with Gasteiger partial charge in [0.05, 0.1) is 0 Å². The van der Waals surface area contributed by atoms with E-state index >= 15 is 0 Å². The molecule has 0 aromatic heterocycles. The molecule has 28 heavy (non-hydrogen) atoms. The lowest BCUT2D eigenvalue weighted by atomic mass is 10.1. The number of rotatable bonds is 11. The summed E-state index contributed by atoms with van der Waals surface area (Å²) in [4.78, 5) is 6.93. The van der Waals surface area contributed by atoms with Crippen LogP contribution in [0, 0.1) is 0 Å². The first-order valence-corrected chi connectivity index (χ1v) is 10.3. The van der Waals surface area contributed by atoms with Crippen molar-refractivity contribution >= 4 is 29.9 Å². The summed E-state index contributed by atoms with van der Waals surface area (Å²) < 4.78 is 5.71. The first kappa shape index (κ1) is 24.8. The number of hydrogen-bond acceptors (Lipinski definition) is 3. The summed E-state index contributed by atoms with van der Waals surface area (Å²) in [7, 11) is 1.81. The van der Waals surface area contributed by atoms with Crippen LogP contribution < -0.4 is 15.4 Å². The Hall–Kier alpha value is -1.28. The molecule has 0 atom stereocenters. The number of guanidine groups is 1. The number of benzene rings is 1. The van der Waals surface area contributed by atoms with Crippen LogP contribution in [0.5, 0.6) is 5.75 Å². The number of nitrogens with zero attached hydrogens (tertiary/aromatic N) is 2. The van der Waals surface area contributed by atoms with Crippen molar-refractivity contribution in [3.8, 4) is 5.75 Å². The average Bonchev–Trinajstić information content (AvgIpc) is 2.72. The highest BCUT2D eigenvalue weighted by molar-refractivity contribution is 14.0. The Morgan fingerprint density at radius 1 is 1.14 bits per heavy atom. The summed E-state index contributed by atoms with van der Waals surface area (Å²) in [5, 5.41) is 6.78. The number of aliphatic imine (C=N–C) groups is 1. The lowest BCUT2D eigenvalue weighted by molar-refractivity contribution is 0.224. The first-order chi connectivity index (χ1) is 13.3. The molecule has 0 bridgehead atoms. The average molecular weight is 500 g/mol. The molecule has 1 aliphatic rings. The third-order valence-corrected chi connectivity index (χ3v) is 4.89. The molecule has 1 fully saturated rings. The van der Waals surface area contributed by atoms with Gasteiger partial charge in [0.1, 0.15) is 12.4 Å². The molecule has 0 radical (unpaired) electrons. The van der Waals surface area contributed by atoms with Gasteiger partial charge in [-0.1, -0.05) is 43.7 Å². The van der Waals surface area contributed by atoms with E-state index in [9.17, 15) is 0 Å². The minimum Gasteiger partial charge on any atom is -0.489 e. The summed E-state index contributed by atoms with van der Waals surface area (Å²) in [6, 6.07) is 8.06. The van der Waals surface area contributed by atoms with Crippen LogP contribution in [0.2, 0.25) is 0 Å². The van der Waals surface area contributed by atoms with Gasteiger partial charge >= 0.3 is 0 Å². The second-order valence-electron chi connectivity index (χ2n) is 7.02. The molecule has 6 heteroatoms. The van der Waals surface area contributed by atoms with Crippen molar-refractivity contribution in [1.29, 1.82) is 0 Å². The molecular weight excluding hydrogens is 463 g/mol. The van der Waals surface area contributed by atoms with E-state index in [0.29, 0.717) is 13.2 Å². The Kier molecular flexibility index (Phi) is 13.8. The standard InChI is InChI=1S/C22H36N4O.HI/c1-3-18-27-21-13-7-6-12-20(21)19-25-22(23-2)24-14-8-4-9-15-26-16-10-5-11-17-26;/h3,6-7,12-13H,1,4-5,8-11,14-19H2,2H3,(H2,23,24,25);1H. The number of ether oxygens (including phenoxy) is 1. The molecule has 1 aromatic carbocycles. The summed E-state index contributed by atoms with van der Waals surface area (Å²) in [5.74, 6) is 1.72. The van der Waals surface area contributed by atoms with Crippen LogP contribution in [0.4, 0.5) is 0 Å². The van der Waals surface area contributed by atoms with E-state index in [2.05, 4.69) is 33.2 Å². The molecule has 1 aromatic rings. The normalized spacial score (nSPS) is 14.8. The van der Waals surface area contributed by atoms with Crippen LogP contribution in [0.15, 0.2) is 41.9 Å². The van der Waals surface area contributed by atoms with E-state index in [1.807, 2.05) is 25.2 Å². The van der Waals surface area contributed by atoms with Crippen molar-refractivity contribution in [2.45, 2.75) is 45.1 Å². The molecule has 0 amide bonds. The number of hydrogen-bond donors (Lipinski definition) is 2. The molecule has 5 nitrogen and oxygen atoms in total. The van der Waals surface area contributed by atoms with Gasteiger partial charge in [0.15, 0.2) is 5.96 Å². The highest BCUT2D eigenvalue weighted by Gasteiger charge is 2.09. The lowest BCUT2D eigenvalue weighted by Crippen LogP contribution is -2.37. The summed E-state index contributed by atoms with van der Waals surface area (Å²) >= 11 is 0. The van der Waals surface area contributed by atoms with Gasteiger partial charge in [0, 0.05) is 25.7 Å². The molecule has 1 aliphatic heterocycles. The van der Waals surface area contributed by atoms with E-state index in [-0.39, 0.29) is 24.0 Å². The second kappa shape index (κ2) is 15.6. The van der Waals surface area contributed by atoms with Gasteiger partial charge in [-0.05, 0) is 51.4 Å². The van der Waals surface area contributed by atoms with Crippen LogP contribution in [0.25, 0.3) is 0 Å². The van der Waals surface area contributed by atoms with Crippen molar-refractivity contribution in [2.75, 3.05) is 39.8 Å². The molecular formula is C22H37IN4O. The number of nitrogens with one attached hydrogen (secondary N) is 2. The zero-order valence-electron chi connectivity index (χ0n) is 17.3. The Labute approximate surface area is 188 Å². The maximum Gasteiger partial charge on any atom is 0.191 e. The molecule has 2 rings (SSSR count). The quantitative estimate of drug-likeness (QED) is 0.157. The molecule has 1 heterocycles. The zero-order chi connectivity index (χ0) is 19.2. The lowest BCUT2D eigenvalue weighted by Gasteiger charge is -2.26. The topological polar surface area (TPSA) is 48.9 Å². The van der Waals surface area contributed by atoms with Crippen molar-refractivity contribution in [1.82, 2.24) is 15.5 Å². The zero-order valence-corrected chi connectivity index (χ0v) is 19.6. The van der Waals surface area contributed by atoms with E-state index in [1.54, 1.807) is 6.08 Å². The Balaban J connectivity index is 0.00000392. The maximum atomic E-state index is 5.71. The van der Waals surface area contributed by atoms with E-state index in [1.165, 1.54) is 58.2 Å². The van der Waals surface area contributed by atoms with E-state index < -0.39 is 0 Å². The Morgan fingerprint density at radius 2 is 1.93 bits per heavy atom. The van der Waals surface area contributed by atoms with E-state index in [0.717, 1.165) is 23.8 Å². The number of piperidine rings is 1. The summed E-state index contributed by atoms with van der Waals surface area (Å²) in [6.45, 7) is 9.71. The fourth-order valence-corrected chi connectivity index (χ4v) is 3.37. The monoisotopic (exact) mass is 500 g/mol.